The summed E-state index contributed by atoms with van der Waals surface area (Å²) in [5, 5.41) is 0. The molecule has 1 aromatic carbocycles. The largest absolute Gasteiger partial charge is 0.358 e. The molecule has 1 saturated carbocycles. The molecule has 1 aliphatic carbocycles. The van der Waals surface area contributed by atoms with Crippen molar-refractivity contribution >= 4 is 11.6 Å². The van der Waals surface area contributed by atoms with Gasteiger partial charge in [-0.2, -0.15) is 0 Å². The first kappa shape index (κ1) is 16.7. The molecule has 1 unspecified atom stereocenters. The van der Waals surface area contributed by atoms with E-state index in [4.69, 9.17) is 0 Å². The zero-order valence-corrected chi connectivity index (χ0v) is 13.2. The minimum Gasteiger partial charge on any atom is -0.358 e. The number of hydrogen-bond donors (Lipinski definition) is 0. The maximum absolute atomic E-state index is 11.6. The average Bonchev–Trinajstić information content (AvgIpc) is 2.24. The van der Waals surface area contributed by atoms with Crippen LogP contribution in [0.25, 0.3) is 0 Å². The predicted molar refractivity (Wildman–Crippen MR) is 64.0 cm³/mol. The monoisotopic (exact) mass is 306 g/mol. The average molecular weight is 306 g/mol. The van der Waals surface area contributed by atoms with E-state index in [0.29, 0.717) is 6.42 Å². The first-order chi connectivity index (χ1) is 7.18. The third kappa shape index (κ3) is 3.82. The molecule has 1 radical (unpaired) electrons. The number of rotatable bonds is 1. The van der Waals surface area contributed by atoms with E-state index in [0.717, 1.165) is 5.56 Å². The van der Waals surface area contributed by atoms with E-state index in [9.17, 15) is 9.59 Å². The summed E-state index contributed by atoms with van der Waals surface area (Å²) in [5.74, 6) is 0.220. The summed E-state index contributed by atoms with van der Waals surface area (Å²) in [6.45, 7) is 1.92. The molecule has 0 bridgehead atoms. The van der Waals surface area contributed by atoms with Crippen LogP contribution in [0.1, 0.15) is 31.2 Å². The molecule has 0 amide bonds. The van der Waals surface area contributed by atoms with E-state index < -0.39 is 0 Å². The van der Waals surface area contributed by atoms with E-state index in [-0.39, 0.29) is 70.0 Å². The molecule has 1 fully saturated rings. The van der Waals surface area contributed by atoms with E-state index in [1.165, 1.54) is 0 Å². The fourth-order valence-electron chi connectivity index (χ4n) is 2.18. The van der Waals surface area contributed by atoms with Gasteiger partial charge in [0.2, 0.25) is 0 Å². The predicted octanol–water partition coefficient (Wildman–Crippen LogP) is 2.79. The van der Waals surface area contributed by atoms with E-state index in [2.05, 4.69) is 0 Å². The molecular formula is C14H17O2Y-. The summed E-state index contributed by atoms with van der Waals surface area (Å²) >= 11 is 0. The third-order valence-corrected chi connectivity index (χ3v) is 3.16. The first-order valence-corrected chi connectivity index (χ1v) is 5.28. The Morgan fingerprint density at radius 2 is 1.71 bits per heavy atom. The van der Waals surface area contributed by atoms with Crippen LogP contribution in [0, 0.1) is 13.3 Å². The molecule has 3 heteroatoms. The van der Waals surface area contributed by atoms with Crippen LogP contribution in [0.4, 0.5) is 0 Å². The summed E-state index contributed by atoms with van der Waals surface area (Å²) in [6, 6.07) is 9.83. The van der Waals surface area contributed by atoms with Gasteiger partial charge >= 0.3 is 0 Å². The Balaban J connectivity index is 0.00000128. The van der Waals surface area contributed by atoms with Gasteiger partial charge in [-0.15, -0.1) is 0 Å². The van der Waals surface area contributed by atoms with Crippen molar-refractivity contribution in [1.29, 1.82) is 0 Å². The zero-order valence-electron chi connectivity index (χ0n) is 10.3. The van der Waals surface area contributed by atoms with Crippen molar-refractivity contribution in [2.75, 3.05) is 0 Å². The van der Waals surface area contributed by atoms with E-state index >= 15 is 0 Å². The smallest absolute Gasteiger partial charge is 0.143 e. The minimum atomic E-state index is -0.0231. The molecule has 2 rings (SSSR count). The van der Waals surface area contributed by atoms with Gasteiger partial charge in [-0.25, -0.2) is 0 Å². The summed E-state index contributed by atoms with van der Waals surface area (Å²) < 4.78 is 0. The van der Waals surface area contributed by atoms with Gasteiger partial charge in [-0.1, -0.05) is 37.3 Å². The van der Waals surface area contributed by atoms with Crippen LogP contribution in [-0.4, -0.2) is 11.6 Å². The molecule has 1 aromatic rings. The Morgan fingerprint density at radius 1 is 1.12 bits per heavy atom. The Labute approximate surface area is 128 Å². The number of ketones is 2. The summed E-state index contributed by atoms with van der Waals surface area (Å²) in [5.41, 5.74) is 1.10. The second-order valence-electron chi connectivity index (χ2n) is 4.19. The van der Waals surface area contributed by atoms with E-state index in [1.807, 2.05) is 37.3 Å². The van der Waals surface area contributed by atoms with Crippen LogP contribution in [-0.2, 0) is 42.3 Å². The number of Topliss-reactive ketones (excluding diaryl/α,β-unsaturated/α-hetero) is 2. The first-order valence-electron chi connectivity index (χ1n) is 5.28. The molecule has 1 aliphatic rings. The second kappa shape index (κ2) is 7.18. The molecule has 2 atom stereocenters. The van der Waals surface area contributed by atoms with Crippen molar-refractivity contribution in [3.8, 4) is 0 Å². The molecule has 2 nitrogen and oxygen atoms in total. The molecule has 0 aromatic heterocycles. The van der Waals surface area contributed by atoms with Crippen LogP contribution in [0.3, 0.4) is 0 Å². The molecule has 0 saturated heterocycles. The summed E-state index contributed by atoms with van der Waals surface area (Å²) in [4.78, 5) is 22.9. The molecule has 0 spiro atoms. The van der Waals surface area contributed by atoms with Gasteiger partial charge in [0.1, 0.15) is 11.6 Å². The Kier molecular flexibility index (Phi) is 7.03. The Morgan fingerprint density at radius 3 is 2.29 bits per heavy atom. The fourth-order valence-corrected chi connectivity index (χ4v) is 2.18. The molecule has 89 valence electrons. The van der Waals surface area contributed by atoms with Crippen molar-refractivity contribution in [2.24, 2.45) is 5.92 Å². The Bertz CT molecular complexity index is 386. The van der Waals surface area contributed by atoms with Crippen molar-refractivity contribution in [3.05, 3.63) is 43.3 Å². The molecule has 0 aliphatic heterocycles. The van der Waals surface area contributed by atoms with Crippen molar-refractivity contribution in [1.82, 2.24) is 0 Å². The topological polar surface area (TPSA) is 34.1 Å². The van der Waals surface area contributed by atoms with Crippen molar-refractivity contribution < 1.29 is 42.3 Å². The fraction of sp³-hybridized carbons (Fsp3) is 0.357. The molecular weight excluding hydrogens is 289 g/mol. The number of carbonyl (C=O) groups excluding carboxylic acids is 2. The van der Waals surface area contributed by atoms with Crippen LogP contribution in [0.15, 0.2) is 30.3 Å². The summed E-state index contributed by atoms with van der Waals surface area (Å²) in [7, 11) is 0. The van der Waals surface area contributed by atoms with Gasteiger partial charge < -0.3 is 7.43 Å². The Hall–Kier alpha value is -0.336. The minimum absolute atomic E-state index is 0. The van der Waals surface area contributed by atoms with Gasteiger partial charge in [0, 0.05) is 51.0 Å². The second-order valence-corrected chi connectivity index (χ2v) is 4.19. The standard InChI is InChI=1S/C13H14O2.CH3.Y/c1-9-12(7-11(14)8-13(9)15)10-5-3-2-4-6-10;;/h2-6,9,12H,7-8H2,1H3;1H3;/q;-1;/t9-,12?;;/m0../s1. The number of hydrogen-bond acceptors (Lipinski definition) is 2. The number of benzene rings is 1. The van der Waals surface area contributed by atoms with Gasteiger partial charge in [0.05, 0.1) is 6.42 Å². The molecule has 17 heavy (non-hydrogen) atoms. The third-order valence-electron chi connectivity index (χ3n) is 3.16. The molecule has 0 N–H and O–H groups in total. The van der Waals surface area contributed by atoms with Crippen LogP contribution < -0.4 is 0 Å². The maximum atomic E-state index is 11.6. The van der Waals surface area contributed by atoms with Crippen molar-refractivity contribution in [3.63, 3.8) is 0 Å². The summed E-state index contributed by atoms with van der Waals surface area (Å²) in [6.07, 6.45) is 0.640. The van der Waals surface area contributed by atoms with Crippen LogP contribution >= 0.6 is 0 Å². The van der Waals surface area contributed by atoms with Crippen LogP contribution in [0.5, 0.6) is 0 Å². The molecule has 0 heterocycles. The van der Waals surface area contributed by atoms with Gasteiger partial charge in [-0.3, -0.25) is 9.59 Å². The van der Waals surface area contributed by atoms with Crippen molar-refractivity contribution in [2.45, 2.75) is 25.7 Å². The maximum Gasteiger partial charge on any atom is 0.143 e. The van der Waals surface area contributed by atoms with Gasteiger partial charge in [0.15, 0.2) is 0 Å². The number of carbonyl (C=O) groups is 2. The zero-order chi connectivity index (χ0) is 10.8. The SMILES string of the molecule is C[C@@H]1C(=O)CC(=O)CC1c1ccccc1.[CH3-].[Y]. The van der Waals surface area contributed by atoms with E-state index in [1.54, 1.807) is 0 Å². The normalized spacial score (nSPS) is 23.6. The van der Waals surface area contributed by atoms with Gasteiger partial charge in [0.25, 0.3) is 0 Å². The van der Waals surface area contributed by atoms with Gasteiger partial charge in [-0.05, 0) is 5.56 Å². The van der Waals surface area contributed by atoms with Crippen LogP contribution in [0.2, 0.25) is 0 Å². The quantitative estimate of drug-likeness (QED) is 0.590.